The summed E-state index contributed by atoms with van der Waals surface area (Å²) in [4.78, 5) is 13.2. The van der Waals surface area contributed by atoms with Crippen LogP contribution >= 0.6 is 0 Å². The fraction of sp³-hybridized carbons (Fsp3) is 0.455. The molecule has 0 radical (unpaired) electrons. The maximum absolute atomic E-state index is 11.6. The van der Waals surface area contributed by atoms with Crippen molar-refractivity contribution in [2.75, 3.05) is 0 Å². The Kier molecular flexibility index (Phi) is 4.65. The Morgan fingerprint density at radius 1 is 1.43 bits per heavy atom. The van der Waals surface area contributed by atoms with Crippen LogP contribution in [0.25, 0.3) is 0 Å². The molecule has 0 aromatic carbocycles. The van der Waals surface area contributed by atoms with Gasteiger partial charge in [0.15, 0.2) is 0 Å². The lowest BCUT2D eigenvalue weighted by Gasteiger charge is -2.31. The number of hydrogen-bond acceptors (Lipinski definition) is 2. The van der Waals surface area contributed by atoms with Crippen LogP contribution in [0.5, 0.6) is 0 Å². The first kappa shape index (κ1) is 12.4. The number of allylic oxidation sites excluding steroid dienone is 2. The zero-order valence-corrected chi connectivity index (χ0v) is 9.11. The van der Waals surface area contributed by atoms with E-state index in [1.165, 1.54) is 12.2 Å². The second-order valence-corrected chi connectivity index (χ2v) is 3.82. The van der Waals surface area contributed by atoms with E-state index in [1.807, 2.05) is 27.7 Å². The maximum Gasteiger partial charge on any atom is 0.251 e. The van der Waals surface area contributed by atoms with Crippen molar-refractivity contribution >= 4 is 5.91 Å². The molecule has 0 saturated heterocycles. The Morgan fingerprint density at radius 3 is 2.36 bits per heavy atom. The van der Waals surface area contributed by atoms with Crippen molar-refractivity contribution in [3.8, 4) is 6.07 Å². The van der Waals surface area contributed by atoms with Crippen molar-refractivity contribution in [1.29, 1.82) is 5.26 Å². The summed E-state index contributed by atoms with van der Waals surface area (Å²) in [6.45, 7) is 7.65. The SMILES string of the molecule is C/C=C\N(C(=O)/C=C\C#N)C(C)(C)C. The topological polar surface area (TPSA) is 44.1 Å². The van der Waals surface area contributed by atoms with Crippen LogP contribution in [0.2, 0.25) is 0 Å². The molecule has 0 fully saturated rings. The van der Waals surface area contributed by atoms with E-state index in [1.54, 1.807) is 23.2 Å². The second kappa shape index (κ2) is 5.23. The summed E-state index contributed by atoms with van der Waals surface area (Å²) < 4.78 is 0. The van der Waals surface area contributed by atoms with Crippen LogP contribution in [0.4, 0.5) is 0 Å². The summed E-state index contributed by atoms with van der Waals surface area (Å²) in [6, 6.07) is 1.79. The summed E-state index contributed by atoms with van der Waals surface area (Å²) in [5.74, 6) is -0.183. The smallest absolute Gasteiger partial charge is 0.251 e. The molecule has 0 saturated carbocycles. The van der Waals surface area contributed by atoms with Gasteiger partial charge in [-0.15, -0.1) is 0 Å². The zero-order chi connectivity index (χ0) is 11.2. The molecule has 0 bridgehead atoms. The fourth-order valence-corrected chi connectivity index (χ4v) is 0.966. The van der Waals surface area contributed by atoms with Crippen molar-refractivity contribution in [3.05, 3.63) is 24.4 Å². The number of hydrogen-bond donors (Lipinski definition) is 0. The van der Waals surface area contributed by atoms with Crippen LogP contribution in [-0.4, -0.2) is 16.3 Å². The van der Waals surface area contributed by atoms with Gasteiger partial charge in [-0.25, -0.2) is 0 Å². The first-order valence-corrected chi connectivity index (χ1v) is 4.45. The zero-order valence-electron chi connectivity index (χ0n) is 9.11. The predicted octanol–water partition coefficient (Wildman–Crippen LogP) is 2.23. The normalized spacial score (nSPS) is 11.9. The highest BCUT2D eigenvalue weighted by molar-refractivity contribution is 5.89. The molecule has 0 aliphatic heterocycles. The molecule has 76 valence electrons. The minimum absolute atomic E-state index is 0.183. The number of nitrogens with zero attached hydrogens (tertiary/aromatic N) is 2. The average Bonchev–Trinajstić information content (AvgIpc) is 2.08. The third-order valence-corrected chi connectivity index (χ3v) is 1.56. The highest BCUT2D eigenvalue weighted by Gasteiger charge is 2.22. The Balaban J connectivity index is 4.78. The number of carbonyl (C=O) groups excluding carboxylic acids is 1. The molecule has 3 heteroatoms. The number of amides is 1. The van der Waals surface area contributed by atoms with E-state index < -0.39 is 0 Å². The molecule has 0 rings (SSSR count). The lowest BCUT2D eigenvalue weighted by molar-refractivity contribution is -0.127. The molecule has 0 aliphatic carbocycles. The Hall–Kier alpha value is -1.56. The van der Waals surface area contributed by atoms with Crippen LogP contribution < -0.4 is 0 Å². The first-order chi connectivity index (χ1) is 6.43. The monoisotopic (exact) mass is 192 g/mol. The van der Waals surface area contributed by atoms with Crippen LogP contribution in [-0.2, 0) is 4.79 Å². The quantitative estimate of drug-likeness (QED) is 0.497. The Labute approximate surface area is 85.3 Å². The summed E-state index contributed by atoms with van der Waals surface area (Å²) in [5.41, 5.74) is -0.274. The van der Waals surface area contributed by atoms with Crippen molar-refractivity contribution in [3.63, 3.8) is 0 Å². The summed E-state index contributed by atoms with van der Waals surface area (Å²) in [5, 5.41) is 8.30. The molecular weight excluding hydrogens is 176 g/mol. The van der Waals surface area contributed by atoms with Gasteiger partial charge in [0.1, 0.15) is 0 Å². The predicted molar refractivity (Wildman–Crippen MR) is 56.2 cm³/mol. The molecule has 0 aromatic rings. The van der Waals surface area contributed by atoms with Crippen molar-refractivity contribution in [2.24, 2.45) is 0 Å². The summed E-state index contributed by atoms with van der Waals surface area (Å²) in [7, 11) is 0. The highest BCUT2D eigenvalue weighted by atomic mass is 16.2. The molecule has 0 spiro atoms. The lowest BCUT2D eigenvalue weighted by atomic mass is 10.1. The molecule has 0 aliphatic rings. The molecule has 0 atom stereocenters. The molecule has 14 heavy (non-hydrogen) atoms. The van der Waals surface area contributed by atoms with E-state index in [9.17, 15) is 4.79 Å². The molecule has 3 nitrogen and oxygen atoms in total. The van der Waals surface area contributed by atoms with Gasteiger partial charge in [-0.3, -0.25) is 4.79 Å². The number of carbonyl (C=O) groups is 1. The van der Waals surface area contributed by atoms with Gasteiger partial charge in [0.05, 0.1) is 6.07 Å². The average molecular weight is 192 g/mol. The van der Waals surface area contributed by atoms with Crippen LogP contribution in [0.3, 0.4) is 0 Å². The van der Waals surface area contributed by atoms with Crippen molar-refractivity contribution in [2.45, 2.75) is 33.2 Å². The third-order valence-electron chi connectivity index (χ3n) is 1.56. The standard InChI is InChI=1S/C11H16N2O/c1-5-9-13(11(2,3)4)10(14)7-6-8-12/h5-7,9H,1-4H3/b7-6-,9-5-. The van der Waals surface area contributed by atoms with E-state index in [-0.39, 0.29) is 11.4 Å². The minimum Gasteiger partial charge on any atom is -0.311 e. The van der Waals surface area contributed by atoms with Gasteiger partial charge in [-0.2, -0.15) is 5.26 Å². The van der Waals surface area contributed by atoms with E-state index in [2.05, 4.69) is 0 Å². The Bertz CT molecular complexity index is 289. The van der Waals surface area contributed by atoms with E-state index in [4.69, 9.17) is 5.26 Å². The van der Waals surface area contributed by atoms with Crippen molar-refractivity contribution in [1.82, 2.24) is 4.90 Å². The molecule has 0 N–H and O–H groups in total. The van der Waals surface area contributed by atoms with Gasteiger partial charge in [-0.05, 0) is 27.7 Å². The van der Waals surface area contributed by atoms with Gasteiger partial charge in [0.2, 0.25) is 0 Å². The summed E-state index contributed by atoms with van der Waals surface area (Å²) in [6.07, 6.45) is 5.96. The minimum atomic E-state index is -0.274. The van der Waals surface area contributed by atoms with Gasteiger partial charge >= 0.3 is 0 Å². The first-order valence-electron chi connectivity index (χ1n) is 4.45. The lowest BCUT2D eigenvalue weighted by Crippen LogP contribution is -2.40. The van der Waals surface area contributed by atoms with Gasteiger partial charge in [0, 0.05) is 23.9 Å². The molecule has 1 amide bonds. The van der Waals surface area contributed by atoms with Crippen LogP contribution in [0, 0.1) is 11.3 Å². The Morgan fingerprint density at radius 2 is 2.00 bits per heavy atom. The second-order valence-electron chi connectivity index (χ2n) is 3.82. The molecule has 0 unspecified atom stereocenters. The van der Waals surface area contributed by atoms with E-state index >= 15 is 0 Å². The van der Waals surface area contributed by atoms with Gasteiger partial charge in [-0.1, -0.05) is 6.08 Å². The highest BCUT2D eigenvalue weighted by Crippen LogP contribution is 2.14. The molecule has 0 heterocycles. The van der Waals surface area contributed by atoms with Crippen LogP contribution in [0.15, 0.2) is 24.4 Å². The number of rotatable bonds is 2. The van der Waals surface area contributed by atoms with Crippen molar-refractivity contribution < 1.29 is 4.79 Å². The molecule has 0 aromatic heterocycles. The molecular formula is C11H16N2O. The number of nitriles is 1. The summed E-state index contributed by atoms with van der Waals surface area (Å²) >= 11 is 0. The van der Waals surface area contributed by atoms with Gasteiger partial charge < -0.3 is 4.90 Å². The van der Waals surface area contributed by atoms with Gasteiger partial charge in [0.25, 0.3) is 5.91 Å². The maximum atomic E-state index is 11.6. The van der Waals surface area contributed by atoms with Crippen LogP contribution in [0.1, 0.15) is 27.7 Å². The van der Waals surface area contributed by atoms with E-state index in [0.29, 0.717) is 0 Å². The fourth-order valence-electron chi connectivity index (χ4n) is 0.966. The largest absolute Gasteiger partial charge is 0.311 e. The third kappa shape index (κ3) is 3.90. The van der Waals surface area contributed by atoms with E-state index in [0.717, 1.165) is 0 Å².